The van der Waals surface area contributed by atoms with Crippen molar-refractivity contribution in [1.82, 2.24) is 19.7 Å². The molecule has 30 heavy (non-hydrogen) atoms. The number of carbonyl (C=O) groups is 1. The maximum atomic E-state index is 13.3. The van der Waals surface area contributed by atoms with Crippen molar-refractivity contribution in [2.24, 2.45) is 0 Å². The first-order valence-electron chi connectivity index (χ1n) is 8.92. The predicted molar refractivity (Wildman–Crippen MR) is 115 cm³/mol. The third kappa shape index (κ3) is 4.50. The van der Waals surface area contributed by atoms with E-state index in [9.17, 15) is 9.18 Å². The average Bonchev–Trinajstić information content (AvgIpc) is 3.20. The van der Waals surface area contributed by atoms with Crippen LogP contribution >= 0.6 is 23.4 Å². The first kappa shape index (κ1) is 20.1. The predicted octanol–water partition coefficient (Wildman–Crippen LogP) is 4.85. The van der Waals surface area contributed by atoms with Crippen molar-refractivity contribution in [3.05, 3.63) is 83.8 Å². The summed E-state index contributed by atoms with van der Waals surface area (Å²) in [5, 5.41) is 11.7. The Hall–Kier alpha value is -3.23. The number of amides is 1. The molecule has 0 atom stereocenters. The third-order valence-electron chi connectivity index (χ3n) is 4.08. The molecule has 0 radical (unpaired) electrons. The van der Waals surface area contributed by atoms with Gasteiger partial charge < -0.3 is 5.32 Å². The van der Waals surface area contributed by atoms with Crippen molar-refractivity contribution in [2.75, 3.05) is 11.1 Å². The summed E-state index contributed by atoms with van der Waals surface area (Å²) in [6.45, 7) is 0. The summed E-state index contributed by atoms with van der Waals surface area (Å²) >= 11 is 7.00. The van der Waals surface area contributed by atoms with E-state index < -0.39 is 5.82 Å². The van der Waals surface area contributed by atoms with Crippen LogP contribution in [0.3, 0.4) is 0 Å². The van der Waals surface area contributed by atoms with E-state index in [1.807, 2.05) is 53.1 Å². The average molecular weight is 440 g/mol. The number of benzene rings is 2. The molecule has 1 N–H and O–H groups in total. The van der Waals surface area contributed by atoms with E-state index in [1.54, 1.807) is 6.20 Å². The smallest absolute Gasteiger partial charge is 0.234 e. The molecule has 2 heterocycles. The molecule has 2 aromatic carbocycles. The summed E-state index contributed by atoms with van der Waals surface area (Å²) < 4.78 is 15.1. The minimum Gasteiger partial charge on any atom is -0.325 e. The Bertz CT molecular complexity index is 1170. The molecule has 4 aromatic rings. The lowest BCUT2D eigenvalue weighted by molar-refractivity contribution is -0.113. The fraction of sp³-hybridized carbons (Fsp3) is 0.0476. The number of rotatable bonds is 6. The maximum absolute atomic E-state index is 13.3. The van der Waals surface area contributed by atoms with Crippen molar-refractivity contribution in [2.45, 2.75) is 5.16 Å². The molecule has 4 rings (SSSR count). The van der Waals surface area contributed by atoms with Gasteiger partial charge >= 0.3 is 0 Å². The molecule has 0 aliphatic carbocycles. The van der Waals surface area contributed by atoms with Crippen LogP contribution in [0.5, 0.6) is 0 Å². The van der Waals surface area contributed by atoms with Gasteiger partial charge in [-0.2, -0.15) is 0 Å². The molecular weight excluding hydrogens is 425 g/mol. The Kier molecular flexibility index (Phi) is 6.06. The number of hydrogen-bond acceptors (Lipinski definition) is 5. The summed E-state index contributed by atoms with van der Waals surface area (Å²) in [5.74, 6) is -0.149. The van der Waals surface area contributed by atoms with Crippen molar-refractivity contribution < 1.29 is 9.18 Å². The zero-order valence-electron chi connectivity index (χ0n) is 15.5. The molecule has 0 spiro atoms. The Morgan fingerprint density at radius 2 is 1.87 bits per heavy atom. The van der Waals surface area contributed by atoms with Crippen LogP contribution in [0, 0.1) is 5.82 Å². The van der Waals surface area contributed by atoms with Gasteiger partial charge in [-0.05, 0) is 42.5 Å². The summed E-state index contributed by atoms with van der Waals surface area (Å²) in [7, 11) is 0. The van der Waals surface area contributed by atoms with Crippen LogP contribution in [0.4, 0.5) is 10.1 Å². The quantitative estimate of drug-likeness (QED) is 0.435. The zero-order valence-corrected chi connectivity index (χ0v) is 17.1. The largest absolute Gasteiger partial charge is 0.325 e. The number of pyridine rings is 1. The van der Waals surface area contributed by atoms with Crippen LogP contribution in [0.1, 0.15) is 0 Å². The van der Waals surface area contributed by atoms with E-state index >= 15 is 0 Å². The molecule has 0 bridgehead atoms. The second-order valence-electron chi connectivity index (χ2n) is 6.16. The number of thioether (sulfide) groups is 1. The molecule has 0 aliphatic rings. The molecule has 1 amide bonds. The minimum absolute atomic E-state index is 0.0516. The summed E-state index contributed by atoms with van der Waals surface area (Å²) in [6.07, 6.45) is 1.69. The summed E-state index contributed by atoms with van der Waals surface area (Å²) in [4.78, 5) is 16.7. The topological polar surface area (TPSA) is 72.7 Å². The fourth-order valence-corrected chi connectivity index (χ4v) is 3.67. The van der Waals surface area contributed by atoms with Gasteiger partial charge in [0, 0.05) is 17.6 Å². The monoisotopic (exact) mass is 439 g/mol. The van der Waals surface area contributed by atoms with Gasteiger partial charge in [0.15, 0.2) is 11.0 Å². The molecule has 0 aliphatic heterocycles. The van der Waals surface area contributed by atoms with Gasteiger partial charge in [0.25, 0.3) is 0 Å². The molecular formula is C21H15ClFN5OS. The molecule has 2 aromatic heterocycles. The Labute approximate surface area is 181 Å². The van der Waals surface area contributed by atoms with Crippen LogP contribution < -0.4 is 5.32 Å². The standard InChI is InChI=1S/C21H15ClFN5OS/c22-16-12-14(9-10-17(16)23)25-19(29)13-30-21-27-26-20(18-8-4-5-11-24-18)28(21)15-6-2-1-3-7-15/h1-12H,13H2,(H,25,29). The van der Waals surface area contributed by atoms with Gasteiger partial charge in [0.2, 0.25) is 5.91 Å². The SMILES string of the molecule is O=C(CSc1nnc(-c2ccccn2)n1-c1ccccc1)Nc1ccc(F)c(Cl)c1. The van der Waals surface area contributed by atoms with E-state index in [4.69, 9.17) is 11.6 Å². The molecule has 9 heteroatoms. The highest BCUT2D eigenvalue weighted by Gasteiger charge is 2.18. The number of para-hydroxylation sites is 1. The fourth-order valence-electron chi connectivity index (χ4n) is 2.74. The Morgan fingerprint density at radius 3 is 2.60 bits per heavy atom. The summed E-state index contributed by atoms with van der Waals surface area (Å²) in [6, 6.07) is 19.2. The molecule has 0 fully saturated rings. The van der Waals surface area contributed by atoms with E-state index in [-0.39, 0.29) is 16.7 Å². The van der Waals surface area contributed by atoms with E-state index in [0.29, 0.717) is 22.4 Å². The van der Waals surface area contributed by atoms with E-state index in [2.05, 4.69) is 20.5 Å². The van der Waals surface area contributed by atoms with Crippen LogP contribution in [-0.2, 0) is 4.79 Å². The lowest BCUT2D eigenvalue weighted by Gasteiger charge is -2.10. The second kappa shape index (κ2) is 9.06. The van der Waals surface area contributed by atoms with Crippen LogP contribution in [-0.4, -0.2) is 31.4 Å². The Morgan fingerprint density at radius 1 is 1.07 bits per heavy atom. The number of hydrogen-bond donors (Lipinski definition) is 1. The number of nitrogens with one attached hydrogen (secondary N) is 1. The first-order chi connectivity index (χ1) is 14.6. The van der Waals surface area contributed by atoms with Gasteiger partial charge in [0.1, 0.15) is 11.5 Å². The van der Waals surface area contributed by atoms with Gasteiger partial charge in [-0.1, -0.05) is 47.6 Å². The molecule has 0 saturated carbocycles. The highest BCUT2D eigenvalue weighted by atomic mass is 35.5. The molecule has 150 valence electrons. The van der Waals surface area contributed by atoms with Gasteiger partial charge in [0.05, 0.1) is 10.8 Å². The van der Waals surface area contributed by atoms with Gasteiger partial charge in [-0.3, -0.25) is 14.3 Å². The molecule has 0 saturated heterocycles. The molecule has 6 nitrogen and oxygen atoms in total. The zero-order chi connectivity index (χ0) is 20.9. The van der Waals surface area contributed by atoms with Crippen molar-refractivity contribution in [3.63, 3.8) is 0 Å². The summed E-state index contributed by atoms with van der Waals surface area (Å²) in [5.41, 5.74) is 1.95. The number of halogens is 2. The Balaban J connectivity index is 1.56. The minimum atomic E-state index is -0.540. The normalized spacial score (nSPS) is 10.7. The molecule has 0 unspecified atom stereocenters. The highest BCUT2D eigenvalue weighted by molar-refractivity contribution is 7.99. The van der Waals surface area contributed by atoms with E-state index in [0.717, 1.165) is 5.69 Å². The van der Waals surface area contributed by atoms with Crippen molar-refractivity contribution in [1.29, 1.82) is 0 Å². The number of anilines is 1. The van der Waals surface area contributed by atoms with Crippen LogP contribution in [0.2, 0.25) is 5.02 Å². The van der Waals surface area contributed by atoms with Crippen LogP contribution in [0.15, 0.2) is 78.1 Å². The van der Waals surface area contributed by atoms with Crippen molar-refractivity contribution in [3.8, 4) is 17.2 Å². The highest BCUT2D eigenvalue weighted by Crippen LogP contribution is 2.27. The maximum Gasteiger partial charge on any atom is 0.234 e. The lowest BCUT2D eigenvalue weighted by Crippen LogP contribution is -2.14. The lowest BCUT2D eigenvalue weighted by atomic mass is 10.3. The second-order valence-corrected chi connectivity index (χ2v) is 7.51. The number of aromatic nitrogens is 4. The van der Waals surface area contributed by atoms with Gasteiger partial charge in [-0.15, -0.1) is 10.2 Å². The third-order valence-corrected chi connectivity index (χ3v) is 5.30. The first-order valence-corrected chi connectivity index (χ1v) is 10.3. The number of nitrogens with zero attached hydrogens (tertiary/aromatic N) is 4. The van der Waals surface area contributed by atoms with Gasteiger partial charge in [-0.25, -0.2) is 4.39 Å². The van der Waals surface area contributed by atoms with Crippen LogP contribution in [0.25, 0.3) is 17.2 Å². The number of carbonyl (C=O) groups excluding carboxylic acids is 1. The van der Waals surface area contributed by atoms with Crippen molar-refractivity contribution >= 4 is 35.0 Å². The van der Waals surface area contributed by atoms with E-state index in [1.165, 1.54) is 30.0 Å².